The predicted molar refractivity (Wildman–Crippen MR) is 340 cm³/mol. The van der Waals surface area contributed by atoms with E-state index in [1.807, 2.05) is 0 Å². The first kappa shape index (κ1) is 50.0. The summed E-state index contributed by atoms with van der Waals surface area (Å²) in [4.78, 5) is 8.15. The first-order chi connectivity index (χ1) is 37.2. The monoisotopic (exact) mass is 1050 g/mol. The molecule has 8 aromatic rings. The van der Waals surface area contributed by atoms with Gasteiger partial charge in [-0.15, -0.1) is 11.3 Å². The minimum Gasteiger partial charge on any atom is -0.311 e. The third-order valence-corrected chi connectivity index (χ3v) is 23.3. The zero-order chi connectivity index (χ0) is 55.1. The molecule has 1 aromatic heterocycles. The van der Waals surface area contributed by atoms with Crippen molar-refractivity contribution >= 4 is 95.0 Å². The van der Waals surface area contributed by atoms with Gasteiger partial charge in [0.15, 0.2) is 0 Å². The van der Waals surface area contributed by atoms with Gasteiger partial charge in [-0.05, 0) is 211 Å². The van der Waals surface area contributed by atoms with Crippen molar-refractivity contribution in [3.05, 3.63) is 177 Å². The quantitative estimate of drug-likeness (QED) is 0.160. The molecular weight excluding hydrogens is 974 g/mol. The molecule has 0 radical (unpaired) electrons. The summed E-state index contributed by atoms with van der Waals surface area (Å²) >= 11 is 2.10. The van der Waals surface area contributed by atoms with E-state index in [2.05, 4.69) is 257 Å². The minimum absolute atomic E-state index is 0.00532. The van der Waals surface area contributed by atoms with E-state index < -0.39 is 0 Å². The number of anilines is 9. The first-order valence-corrected chi connectivity index (χ1v) is 30.9. The van der Waals surface area contributed by atoms with Crippen molar-refractivity contribution in [3.63, 3.8) is 0 Å². The number of fused-ring (bicyclic) bond motifs is 9. The molecule has 15 rings (SSSR count). The fraction of sp³-hybridized carbons (Fsp3) is 0.405. The summed E-state index contributed by atoms with van der Waals surface area (Å²) in [5.41, 5.74) is 27.7. The minimum atomic E-state index is -0.189. The molecule has 0 saturated heterocycles. The van der Waals surface area contributed by atoms with E-state index in [4.69, 9.17) is 0 Å². The average Bonchev–Trinajstić information content (AvgIpc) is 2.38. The van der Waals surface area contributed by atoms with Gasteiger partial charge in [0.25, 0.3) is 6.71 Å². The second-order valence-electron chi connectivity index (χ2n) is 30.5. The van der Waals surface area contributed by atoms with E-state index in [9.17, 15) is 0 Å². The fourth-order valence-corrected chi connectivity index (χ4v) is 18.4. The molecule has 400 valence electrons. The van der Waals surface area contributed by atoms with Crippen molar-refractivity contribution in [2.24, 2.45) is 0 Å². The molecule has 79 heavy (non-hydrogen) atoms. The number of rotatable bonds is 2. The topological polar surface area (TPSA) is 9.72 Å². The average molecular weight is 1050 g/mol. The molecule has 0 amide bonds. The Kier molecular flexibility index (Phi) is 9.93. The van der Waals surface area contributed by atoms with Gasteiger partial charge in [-0.3, -0.25) is 0 Å². The van der Waals surface area contributed by atoms with Gasteiger partial charge in [-0.25, -0.2) is 0 Å². The maximum Gasteiger partial charge on any atom is 0.264 e. The number of para-hydroxylation sites is 2. The largest absolute Gasteiger partial charge is 0.311 e. The highest BCUT2D eigenvalue weighted by molar-refractivity contribution is 7.33. The van der Waals surface area contributed by atoms with Crippen molar-refractivity contribution in [2.45, 2.75) is 192 Å². The molecule has 4 bridgehead atoms. The van der Waals surface area contributed by atoms with Gasteiger partial charge in [-0.1, -0.05) is 165 Å². The van der Waals surface area contributed by atoms with Crippen LogP contribution in [0.5, 0.6) is 0 Å². The number of hydrogen-bond donors (Lipinski definition) is 0. The Balaban J connectivity index is 1.13. The maximum atomic E-state index is 2.81. The zero-order valence-corrected chi connectivity index (χ0v) is 50.7. The summed E-state index contributed by atoms with van der Waals surface area (Å²) in [6.45, 7) is 37.3. The number of hydrogen-bond acceptors (Lipinski definition) is 4. The summed E-state index contributed by atoms with van der Waals surface area (Å²) in [5.74, 6) is 0. The van der Waals surface area contributed by atoms with Crippen LogP contribution in [-0.2, 0) is 43.3 Å². The third kappa shape index (κ3) is 6.78. The molecule has 7 aliphatic rings. The second kappa shape index (κ2) is 15.7. The Morgan fingerprint density at radius 1 is 0.418 bits per heavy atom. The standard InChI is InChI=1S/C74H80BN3S/c1-67(2,3)44-24-26-45(27-25-44)76-60-41-53-52(69(6,7)30-31-70(53,8)9)40-57(60)75-64-61(76)37-47(77-58-22-18-16-20-50(58)72(12,13)51-21-17-19-23-59(51)77)38-62(64)78-46-28-29-49-55(36-46)73(14,34-32-68(49,4)5)43-74(15)35-33-71(10,11)54-42-63-48(39-56(54)74)65(78)66(75)79-63/h16-29,36-42H,30-35,43H2,1-15H3. The Bertz CT molecular complexity index is 3920. The van der Waals surface area contributed by atoms with E-state index in [-0.39, 0.29) is 50.0 Å². The summed E-state index contributed by atoms with van der Waals surface area (Å²) in [7, 11) is 0. The molecule has 0 saturated carbocycles. The maximum absolute atomic E-state index is 2.81. The van der Waals surface area contributed by atoms with Crippen LogP contribution in [0.3, 0.4) is 0 Å². The lowest BCUT2D eigenvalue weighted by Gasteiger charge is -2.51. The summed E-state index contributed by atoms with van der Waals surface area (Å²) in [6.07, 6.45) is 8.27. The van der Waals surface area contributed by atoms with Crippen LogP contribution >= 0.6 is 11.3 Å². The van der Waals surface area contributed by atoms with Crippen LogP contribution in [0.2, 0.25) is 0 Å². The predicted octanol–water partition coefficient (Wildman–Crippen LogP) is 18.8. The van der Waals surface area contributed by atoms with Crippen LogP contribution in [0.15, 0.2) is 127 Å². The lowest BCUT2D eigenvalue weighted by molar-refractivity contribution is 0.208. The first-order valence-electron chi connectivity index (χ1n) is 30.0. The third-order valence-electron chi connectivity index (χ3n) is 22.0. The Labute approximate surface area is 476 Å². The van der Waals surface area contributed by atoms with Crippen LogP contribution < -0.4 is 30.4 Å². The number of benzene rings is 7. The summed E-state index contributed by atoms with van der Waals surface area (Å²) in [5, 5.41) is 1.42. The molecule has 0 spiro atoms. The van der Waals surface area contributed by atoms with E-state index in [0.29, 0.717) is 0 Å². The van der Waals surface area contributed by atoms with Gasteiger partial charge in [-0.2, -0.15) is 0 Å². The normalized spacial score (nSPS) is 23.5. The van der Waals surface area contributed by atoms with Crippen molar-refractivity contribution in [1.82, 2.24) is 0 Å². The van der Waals surface area contributed by atoms with Crippen LogP contribution in [0.4, 0.5) is 51.2 Å². The van der Waals surface area contributed by atoms with Crippen molar-refractivity contribution in [3.8, 4) is 0 Å². The highest BCUT2D eigenvalue weighted by Gasteiger charge is 2.52. The molecule has 3 nitrogen and oxygen atoms in total. The molecule has 4 aliphatic heterocycles. The molecule has 3 aliphatic carbocycles. The van der Waals surface area contributed by atoms with Gasteiger partial charge in [0.1, 0.15) is 0 Å². The molecule has 2 atom stereocenters. The van der Waals surface area contributed by atoms with E-state index in [1.165, 1.54) is 142 Å². The van der Waals surface area contributed by atoms with E-state index in [0.717, 1.165) is 12.8 Å². The highest BCUT2D eigenvalue weighted by atomic mass is 32.1. The summed E-state index contributed by atoms with van der Waals surface area (Å²) in [6, 6.07) is 52.1. The van der Waals surface area contributed by atoms with Crippen molar-refractivity contribution in [2.75, 3.05) is 14.7 Å². The molecular formula is C74H80BN3S. The zero-order valence-electron chi connectivity index (χ0n) is 49.9. The fourth-order valence-electron chi connectivity index (χ4n) is 17.1. The van der Waals surface area contributed by atoms with E-state index in [1.54, 1.807) is 16.7 Å². The van der Waals surface area contributed by atoms with Crippen LogP contribution in [0, 0.1) is 0 Å². The molecule has 5 heterocycles. The Hall–Kier alpha value is -6.04. The Morgan fingerprint density at radius 3 is 1.53 bits per heavy atom. The lowest BCUT2D eigenvalue weighted by Crippen LogP contribution is -2.61. The lowest BCUT2D eigenvalue weighted by atomic mass is 9.35. The molecule has 7 aromatic carbocycles. The van der Waals surface area contributed by atoms with Gasteiger partial charge >= 0.3 is 0 Å². The molecule has 5 heteroatoms. The van der Waals surface area contributed by atoms with Crippen LogP contribution in [0.25, 0.3) is 10.1 Å². The Morgan fingerprint density at radius 2 is 0.924 bits per heavy atom. The number of thiophene rings is 1. The van der Waals surface area contributed by atoms with Crippen LogP contribution in [0.1, 0.15) is 199 Å². The smallest absolute Gasteiger partial charge is 0.264 e. The molecule has 2 unspecified atom stereocenters. The van der Waals surface area contributed by atoms with Gasteiger partial charge in [0.2, 0.25) is 0 Å². The summed E-state index contributed by atoms with van der Waals surface area (Å²) < 4.78 is 2.90. The second-order valence-corrected chi connectivity index (χ2v) is 31.6. The van der Waals surface area contributed by atoms with Crippen molar-refractivity contribution in [1.29, 1.82) is 0 Å². The van der Waals surface area contributed by atoms with Crippen molar-refractivity contribution < 1.29 is 0 Å². The molecule has 0 N–H and O–H groups in total. The SMILES string of the molecule is CC(C)(C)c1ccc(N2c3cc4c(cc3B3c5sc6cc7c8cc6c5N(c5ccc6c(c5)C(C)(CCC6(C)C)CC8(C)CCC7(C)C)c5cc(N6c7ccccc7C(C)(C)c7ccccc76)cc2c53)C(C)(C)CCC4(C)C)cc1. The van der Waals surface area contributed by atoms with Crippen LogP contribution in [-0.4, -0.2) is 6.71 Å². The number of nitrogens with zero attached hydrogens (tertiary/aromatic N) is 3. The van der Waals surface area contributed by atoms with Gasteiger partial charge < -0.3 is 14.7 Å². The van der Waals surface area contributed by atoms with E-state index >= 15 is 0 Å². The molecule has 0 fully saturated rings. The highest BCUT2D eigenvalue weighted by Crippen LogP contribution is 2.61. The van der Waals surface area contributed by atoms with Gasteiger partial charge in [0.05, 0.1) is 22.7 Å². The van der Waals surface area contributed by atoms with Gasteiger partial charge in [0, 0.05) is 48.7 Å².